The maximum Gasteiger partial charge on any atom is 0.151 e. The molecule has 13 heavy (non-hydrogen) atoms. The zero-order valence-electron chi connectivity index (χ0n) is 7.68. The van der Waals surface area contributed by atoms with Crippen LogP contribution in [0.5, 0.6) is 0 Å². The highest BCUT2D eigenvalue weighted by atomic mass is 32.2. The van der Waals surface area contributed by atoms with E-state index < -0.39 is 15.9 Å². The molecule has 76 valence electrons. The molecule has 2 fully saturated rings. The fourth-order valence-electron chi connectivity index (χ4n) is 2.50. The van der Waals surface area contributed by atoms with Gasteiger partial charge in [-0.25, -0.2) is 8.42 Å². The molecule has 2 aliphatic heterocycles. The molecule has 2 rings (SSSR count). The molecule has 5 heteroatoms. The lowest BCUT2D eigenvalue weighted by Gasteiger charge is -2.43. The summed E-state index contributed by atoms with van der Waals surface area (Å²) in [6.45, 7) is 1.41. The molecule has 2 heterocycles. The van der Waals surface area contributed by atoms with Gasteiger partial charge in [0.1, 0.15) is 0 Å². The first-order valence-electron chi connectivity index (χ1n) is 4.55. The molecule has 0 saturated carbocycles. The topological polar surface area (TPSA) is 57.6 Å². The first-order chi connectivity index (χ1) is 5.98. The van der Waals surface area contributed by atoms with Crippen molar-refractivity contribution in [3.05, 3.63) is 0 Å². The van der Waals surface area contributed by atoms with Gasteiger partial charge in [-0.2, -0.15) is 0 Å². The second-order valence-electron chi connectivity index (χ2n) is 4.31. The SMILES string of the molecule is CN1CC2CS(=O)(=O)CC(C1)C2O. The summed E-state index contributed by atoms with van der Waals surface area (Å²) in [6, 6.07) is 0. The number of piperidine rings is 1. The zero-order chi connectivity index (χ0) is 9.64. The maximum absolute atomic E-state index is 11.4. The van der Waals surface area contributed by atoms with E-state index in [4.69, 9.17) is 0 Å². The van der Waals surface area contributed by atoms with Gasteiger partial charge in [-0.15, -0.1) is 0 Å². The summed E-state index contributed by atoms with van der Waals surface area (Å²) < 4.78 is 22.8. The Hall–Kier alpha value is -0.130. The highest BCUT2D eigenvalue weighted by Gasteiger charge is 2.43. The van der Waals surface area contributed by atoms with Crippen LogP contribution in [0.25, 0.3) is 0 Å². The largest absolute Gasteiger partial charge is 0.392 e. The van der Waals surface area contributed by atoms with E-state index in [0.29, 0.717) is 13.1 Å². The van der Waals surface area contributed by atoms with Crippen LogP contribution < -0.4 is 0 Å². The Balaban J connectivity index is 2.23. The molecule has 4 nitrogen and oxygen atoms in total. The smallest absolute Gasteiger partial charge is 0.151 e. The average Bonchev–Trinajstić information content (AvgIpc) is 1.94. The average molecular weight is 205 g/mol. The number of hydrogen-bond donors (Lipinski definition) is 1. The van der Waals surface area contributed by atoms with Crippen molar-refractivity contribution in [2.24, 2.45) is 11.8 Å². The number of aliphatic hydroxyl groups is 1. The maximum atomic E-state index is 11.4. The number of rotatable bonds is 0. The molecule has 2 bridgehead atoms. The monoisotopic (exact) mass is 205 g/mol. The Kier molecular flexibility index (Phi) is 2.13. The van der Waals surface area contributed by atoms with Gasteiger partial charge in [0.15, 0.2) is 9.84 Å². The van der Waals surface area contributed by atoms with Crippen molar-refractivity contribution in [3.63, 3.8) is 0 Å². The lowest BCUT2D eigenvalue weighted by atomic mass is 9.88. The quantitative estimate of drug-likeness (QED) is 0.548. The van der Waals surface area contributed by atoms with Crippen LogP contribution in [-0.4, -0.2) is 56.2 Å². The van der Waals surface area contributed by atoms with E-state index in [1.165, 1.54) is 0 Å². The lowest BCUT2D eigenvalue weighted by molar-refractivity contribution is -0.00198. The molecule has 2 atom stereocenters. The van der Waals surface area contributed by atoms with E-state index >= 15 is 0 Å². The molecular weight excluding hydrogens is 190 g/mol. The molecule has 0 aromatic heterocycles. The van der Waals surface area contributed by atoms with Crippen molar-refractivity contribution in [3.8, 4) is 0 Å². The summed E-state index contributed by atoms with van der Waals surface area (Å²) in [5, 5.41) is 9.75. The van der Waals surface area contributed by atoms with E-state index in [-0.39, 0.29) is 23.3 Å². The van der Waals surface area contributed by atoms with Gasteiger partial charge >= 0.3 is 0 Å². The summed E-state index contributed by atoms with van der Waals surface area (Å²) in [4.78, 5) is 2.11. The Labute approximate surface area is 78.5 Å². The van der Waals surface area contributed by atoms with Crippen molar-refractivity contribution in [2.45, 2.75) is 6.10 Å². The minimum Gasteiger partial charge on any atom is -0.392 e. The van der Waals surface area contributed by atoms with Gasteiger partial charge in [0.05, 0.1) is 17.6 Å². The Bertz CT molecular complexity index is 279. The predicted molar refractivity (Wildman–Crippen MR) is 49.1 cm³/mol. The van der Waals surface area contributed by atoms with Crippen LogP contribution in [0.3, 0.4) is 0 Å². The Morgan fingerprint density at radius 1 is 1.23 bits per heavy atom. The van der Waals surface area contributed by atoms with Gasteiger partial charge in [-0.3, -0.25) is 0 Å². The minimum atomic E-state index is -2.88. The van der Waals surface area contributed by atoms with Crippen LogP contribution in [0.1, 0.15) is 0 Å². The summed E-state index contributed by atoms with van der Waals surface area (Å²) >= 11 is 0. The van der Waals surface area contributed by atoms with Gasteiger partial charge < -0.3 is 10.0 Å². The number of fused-ring (bicyclic) bond motifs is 2. The van der Waals surface area contributed by atoms with Crippen molar-refractivity contribution < 1.29 is 13.5 Å². The van der Waals surface area contributed by atoms with Crippen molar-refractivity contribution >= 4 is 9.84 Å². The van der Waals surface area contributed by atoms with Crippen LogP contribution in [0.15, 0.2) is 0 Å². The Morgan fingerprint density at radius 3 is 2.15 bits per heavy atom. The minimum absolute atomic E-state index is 0.0671. The number of aliphatic hydroxyl groups excluding tert-OH is 1. The highest BCUT2D eigenvalue weighted by Crippen LogP contribution is 2.29. The molecule has 0 spiro atoms. The van der Waals surface area contributed by atoms with Crippen LogP contribution in [0.2, 0.25) is 0 Å². The molecule has 0 radical (unpaired) electrons. The third-order valence-electron chi connectivity index (χ3n) is 2.99. The molecule has 2 saturated heterocycles. The van der Waals surface area contributed by atoms with Crippen molar-refractivity contribution in [2.75, 3.05) is 31.6 Å². The van der Waals surface area contributed by atoms with E-state index in [2.05, 4.69) is 4.90 Å². The number of nitrogens with zero attached hydrogens (tertiary/aromatic N) is 1. The number of hydrogen-bond acceptors (Lipinski definition) is 4. The van der Waals surface area contributed by atoms with Gasteiger partial charge in [0.25, 0.3) is 0 Å². The molecule has 0 amide bonds. The van der Waals surface area contributed by atoms with Crippen molar-refractivity contribution in [1.82, 2.24) is 4.90 Å². The van der Waals surface area contributed by atoms with Gasteiger partial charge in [0.2, 0.25) is 0 Å². The molecule has 0 aromatic carbocycles. The summed E-state index contributed by atoms with van der Waals surface area (Å²) in [5.41, 5.74) is 0. The first-order valence-corrected chi connectivity index (χ1v) is 6.37. The zero-order valence-corrected chi connectivity index (χ0v) is 8.50. The van der Waals surface area contributed by atoms with Crippen LogP contribution in [0.4, 0.5) is 0 Å². The third-order valence-corrected chi connectivity index (χ3v) is 4.87. The summed E-state index contributed by atoms with van der Waals surface area (Å²) in [7, 11) is -0.909. The number of sulfone groups is 1. The molecule has 0 aromatic rings. The lowest BCUT2D eigenvalue weighted by Crippen LogP contribution is -2.56. The second-order valence-corrected chi connectivity index (χ2v) is 6.46. The van der Waals surface area contributed by atoms with Gasteiger partial charge in [-0.05, 0) is 7.05 Å². The van der Waals surface area contributed by atoms with E-state index in [0.717, 1.165) is 0 Å². The molecule has 2 aliphatic rings. The second kappa shape index (κ2) is 2.93. The first kappa shape index (κ1) is 9.43. The summed E-state index contributed by atoms with van der Waals surface area (Å²) in [5.74, 6) is 0.189. The third kappa shape index (κ3) is 1.73. The predicted octanol–water partition coefficient (Wildman–Crippen LogP) is -1.05. The Morgan fingerprint density at radius 2 is 1.69 bits per heavy atom. The fraction of sp³-hybridized carbons (Fsp3) is 1.00. The van der Waals surface area contributed by atoms with Crippen LogP contribution in [-0.2, 0) is 9.84 Å². The molecule has 1 N–H and O–H groups in total. The molecular formula is C8H15NO3S. The van der Waals surface area contributed by atoms with E-state index in [9.17, 15) is 13.5 Å². The van der Waals surface area contributed by atoms with Gasteiger partial charge in [0, 0.05) is 24.9 Å². The highest BCUT2D eigenvalue weighted by molar-refractivity contribution is 7.91. The number of likely N-dealkylation sites (tertiary alicyclic amines) is 1. The molecule has 2 unspecified atom stereocenters. The van der Waals surface area contributed by atoms with Gasteiger partial charge in [-0.1, -0.05) is 0 Å². The van der Waals surface area contributed by atoms with E-state index in [1.807, 2.05) is 7.05 Å². The standard InChI is InChI=1S/C8H15NO3S/c1-9-2-6-4-13(11,12)5-7(3-9)8(6)10/h6-8,10H,2-5H2,1H3. The van der Waals surface area contributed by atoms with Crippen LogP contribution >= 0.6 is 0 Å². The normalized spacial score (nSPS) is 44.6. The fourth-order valence-corrected chi connectivity index (χ4v) is 4.54. The summed E-state index contributed by atoms with van der Waals surface area (Å²) in [6.07, 6.45) is -0.403. The van der Waals surface area contributed by atoms with E-state index in [1.54, 1.807) is 0 Å². The molecule has 0 aliphatic carbocycles. The van der Waals surface area contributed by atoms with Crippen molar-refractivity contribution in [1.29, 1.82) is 0 Å². The van der Waals surface area contributed by atoms with Crippen LogP contribution in [0, 0.1) is 11.8 Å².